The summed E-state index contributed by atoms with van der Waals surface area (Å²) < 4.78 is 5.02. The van der Waals surface area contributed by atoms with E-state index in [1.807, 2.05) is 0 Å². The van der Waals surface area contributed by atoms with E-state index in [1.54, 1.807) is 7.11 Å². The molecule has 0 radical (unpaired) electrons. The lowest BCUT2D eigenvalue weighted by atomic mass is 9.77. The summed E-state index contributed by atoms with van der Waals surface area (Å²) in [7, 11) is 1.69. The third-order valence-corrected chi connectivity index (χ3v) is 3.05. The largest absolute Gasteiger partial charge is 0.383 e. The first-order valence-electron chi connectivity index (χ1n) is 5.88. The Morgan fingerprint density at radius 2 is 1.93 bits per heavy atom. The normalized spacial score (nSPS) is 21.9. The van der Waals surface area contributed by atoms with Crippen molar-refractivity contribution >= 4 is 0 Å². The molecule has 2 nitrogen and oxygen atoms in total. The first-order valence-corrected chi connectivity index (χ1v) is 5.88. The number of ether oxygens (including phenoxy) is 1. The van der Waals surface area contributed by atoms with Gasteiger partial charge in [-0.25, -0.2) is 0 Å². The van der Waals surface area contributed by atoms with Crippen LogP contribution in [0.4, 0.5) is 0 Å². The molecule has 1 aliphatic carbocycles. The van der Waals surface area contributed by atoms with Gasteiger partial charge in [0, 0.05) is 13.2 Å². The maximum absolute atomic E-state index is 5.88. The van der Waals surface area contributed by atoms with Gasteiger partial charge >= 0.3 is 0 Å². The average Bonchev–Trinajstić information content (AvgIpc) is 2.86. The van der Waals surface area contributed by atoms with E-state index in [0.717, 1.165) is 5.92 Å². The van der Waals surface area contributed by atoms with E-state index in [2.05, 4.69) is 32.9 Å². The van der Waals surface area contributed by atoms with Crippen molar-refractivity contribution in [1.82, 2.24) is 0 Å². The zero-order chi connectivity index (χ0) is 11.5. The van der Waals surface area contributed by atoms with E-state index in [0.29, 0.717) is 17.9 Å². The van der Waals surface area contributed by atoms with E-state index in [1.165, 1.54) is 12.8 Å². The summed E-state index contributed by atoms with van der Waals surface area (Å²) in [6.45, 7) is 7.53. The Bertz CT molecular complexity index is 213. The topological polar surface area (TPSA) is 35.2 Å². The maximum atomic E-state index is 5.88. The van der Waals surface area contributed by atoms with E-state index in [4.69, 9.17) is 10.5 Å². The van der Waals surface area contributed by atoms with E-state index >= 15 is 0 Å². The van der Waals surface area contributed by atoms with Crippen molar-refractivity contribution in [3.8, 4) is 0 Å². The van der Waals surface area contributed by atoms with Gasteiger partial charge in [0.25, 0.3) is 0 Å². The van der Waals surface area contributed by atoms with Crippen molar-refractivity contribution in [2.75, 3.05) is 13.7 Å². The maximum Gasteiger partial charge on any atom is 0.0649 e. The second-order valence-electron chi connectivity index (χ2n) is 5.73. The minimum Gasteiger partial charge on any atom is -0.383 e. The fourth-order valence-corrected chi connectivity index (χ4v) is 2.12. The van der Waals surface area contributed by atoms with Gasteiger partial charge < -0.3 is 10.5 Å². The first kappa shape index (κ1) is 12.7. The molecule has 2 unspecified atom stereocenters. The Hall–Kier alpha value is -0.340. The smallest absolute Gasteiger partial charge is 0.0649 e. The molecule has 1 rings (SSSR count). The summed E-state index contributed by atoms with van der Waals surface area (Å²) in [6, 6.07) is 0.0404. The molecule has 1 fully saturated rings. The molecular formula is C13H25NO. The molecule has 0 amide bonds. The van der Waals surface area contributed by atoms with Crippen molar-refractivity contribution in [2.45, 2.75) is 39.7 Å². The Labute approximate surface area is 93.9 Å². The van der Waals surface area contributed by atoms with Crippen molar-refractivity contribution in [1.29, 1.82) is 0 Å². The molecule has 88 valence electrons. The molecule has 0 aromatic carbocycles. The van der Waals surface area contributed by atoms with Crippen LogP contribution in [0.1, 0.15) is 33.6 Å². The number of methoxy groups -OCH3 is 1. The molecule has 2 N–H and O–H groups in total. The predicted octanol–water partition coefficient (Wildman–Crippen LogP) is 2.59. The molecule has 0 heterocycles. The van der Waals surface area contributed by atoms with Crippen LogP contribution in [0.25, 0.3) is 0 Å². The molecule has 2 heteroatoms. The van der Waals surface area contributed by atoms with Crippen molar-refractivity contribution < 1.29 is 4.74 Å². The van der Waals surface area contributed by atoms with E-state index in [-0.39, 0.29) is 6.04 Å². The number of hydrogen-bond acceptors (Lipinski definition) is 2. The summed E-state index contributed by atoms with van der Waals surface area (Å²) >= 11 is 0. The Kier molecular flexibility index (Phi) is 4.35. The minimum absolute atomic E-state index is 0.0404. The third kappa shape index (κ3) is 4.35. The second kappa shape index (κ2) is 5.13. The lowest BCUT2D eigenvalue weighted by molar-refractivity contribution is 0.191. The van der Waals surface area contributed by atoms with Crippen molar-refractivity contribution in [2.24, 2.45) is 23.0 Å². The second-order valence-corrected chi connectivity index (χ2v) is 5.73. The lowest BCUT2D eigenvalue weighted by Gasteiger charge is -2.28. The van der Waals surface area contributed by atoms with Gasteiger partial charge in [-0.1, -0.05) is 32.9 Å². The van der Waals surface area contributed by atoms with E-state index < -0.39 is 0 Å². The van der Waals surface area contributed by atoms with Crippen LogP contribution in [-0.4, -0.2) is 19.8 Å². The van der Waals surface area contributed by atoms with Crippen LogP contribution in [-0.2, 0) is 4.74 Å². The van der Waals surface area contributed by atoms with Gasteiger partial charge in [-0.3, -0.25) is 0 Å². The van der Waals surface area contributed by atoms with Crippen molar-refractivity contribution in [3.05, 3.63) is 12.2 Å². The molecule has 0 aromatic rings. The number of hydrogen-bond donors (Lipinski definition) is 1. The SMILES string of the molecule is COCC(N)C=CC(C1CC1)C(C)(C)C. The number of rotatable bonds is 5. The number of allylic oxidation sites excluding steroid dienone is 1. The standard InChI is InChI=1S/C13H25NO/c1-13(2,3)12(10-5-6-10)8-7-11(14)9-15-4/h7-8,10-12H,5-6,9,14H2,1-4H3. The summed E-state index contributed by atoms with van der Waals surface area (Å²) in [4.78, 5) is 0. The van der Waals surface area contributed by atoms with Gasteiger partial charge in [0.05, 0.1) is 6.61 Å². The highest BCUT2D eigenvalue weighted by molar-refractivity contribution is 5.04. The molecule has 0 bridgehead atoms. The van der Waals surface area contributed by atoms with Crippen LogP contribution >= 0.6 is 0 Å². The van der Waals surface area contributed by atoms with Crippen LogP contribution in [0.15, 0.2) is 12.2 Å². The van der Waals surface area contributed by atoms with Crippen molar-refractivity contribution in [3.63, 3.8) is 0 Å². The average molecular weight is 211 g/mol. The molecule has 0 aromatic heterocycles. The zero-order valence-electron chi connectivity index (χ0n) is 10.5. The van der Waals surface area contributed by atoms with Crippen LogP contribution in [0.2, 0.25) is 0 Å². The molecule has 2 atom stereocenters. The lowest BCUT2D eigenvalue weighted by Crippen LogP contribution is -2.25. The highest BCUT2D eigenvalue weighted by Gasteiger charge is 2.36. The minimum atomic E-state index is 0.0404. The van der Waals surface area contributed by atoms with Gasteiger partial charge in [-0.15, -0.1) is 0 Å². The molecule has 1 saturated carbocycles. The van der Waals surface area contributed by atoms with Gasteiger partial charge in [-0.05, 0) is 30.1 Å². The monoisotopic (exact) mass is 211 g/mol. The third-order valence-electron chi connectivity index (χ3n) is 3.05. The summed E-state index contributed by atoms with van der Waals surface area (Å²) in [5.74, 6) is 1.55. The Morgan fingerprint density at radius 1 is 1.33 bits per heavy atom. The fourth-order valence-electron chi connectivity index (χ4n) is 2.12. The molecule has 0 saturated heterocycles. The van der Waals surface area contributed by atoms with Gasteiger partial charge in [-0.2, -0.15) is 0 Å². The molecule has 0 spiro atoms. The van der Waals surface area contributed by atoms with Crippen LogP contribution in [0.3, 0.4) is 0 Å². The Morgan fingerprint density at radius 3 is 2.33 bits per heavy atom. The van der Waals surface area contributed by atoms with Gasteiger partial charge in [0.15, 0.2) is 0 Å². The quantitative estimate of drug-likeness (QED) is 0.709. The highest BCUT2D eigenvalue weighted by Crippen LogP contribution is 2.46. The fraction of sp³-hybridized carbons (Fsp3) is 0.846. The van der Waals surface area contributed by atoms with Gasteiger partial charge in [0.2, 0.25) is 0 Å². The van der Waals surface area contributed by atoms with Gasteiger partial charge in [0.1, 0.15) is 0 Å². The van der Waals surface area contributed by atoms with Crippen LogP contribution in [0, 0.1) is 17.3 Å². The predicted molar refractivity (Wildman–Crippen MR) is 64.7 cm³/mol. The first-order chi connectivity index (χ1) is 6.95. The summed E-state index contributed by atoms with van der Waals surface area (Å²) in [6.07, 6.45) is 7.18. The van der Waals surface area contributed by atoms with E-state index in [9.17, 15) is 0 Å². The van der Waals surface area contributed by atoms with Crippen LogP contribution in [0.5, 0.6) is 0 Å². The zero-order valence-corrected chi connectivity index (χ0v) is 10.5. The molecule has 0 aliphatic heterocycles. The highest BCUT2D eigenvalue weighted by atomic mass is 16.5. The molecular weight excluding hydrogens is 186 g/mol. The summed E-state index contributed by atoms with van der Waals surface area (Å²) in [5.41, 5.74) is 6.24. The Balaban J connectivity index is 2.51. The number of nitrogens with two attached hydrogens (primary N) is 1. The van der Waals surface area contributed by atoms with Crippen LogP contribution < -0.4 is 5.73 Å². The molecule has 15 heavy (non-hydrogen) atoms. The summed E-state index contributed by atoms with van der Waals surface area (Å²) in [5, 5.41) is 0. The molecule has 1 aliphatic rings.